The van der Waals surface area contributed by atoms with Crippen molar-refractivity contribution < 1.29 is 26.4 Å². The number of rotatable bonds is 4. The second-order valence-electron chi connectivity index (χ2n) is 11.7. The third-order valence-corrected chi connectivity index (χ3v) is 12.8. The molecule has 0 aliphatic carbocycles. The first kappa shape index (κ1) is 28.6. The minimum atomic E-state index is -4.65. The molecule has 0 bridgehead atoms. The van der Waals surface area contributed by atoms with Crippen LogP contribution in [0.15, 0.2) is 57.2 Å². The van der Waals surface area contributed by atoms with Gasteiger partial charge in [-0.2, -0.15) is 16.8 Å². The highest BCUT2D eigenvalue weighted by atomic mass is 32.3. The molecule has 0 radical (unpaired) electrons. The van der Waals surface area contributed by atoms with Crippen LogP contribution in [0.1, 0.15) is 41.5 Å². The van der Waals surface area contributed by atoms with Crippen molar-refractivity contribution in [2.24, 2.45) is 10.8 Å². The van der Waals surface area contributed by atoms with Gasteiger partial charge in [-0.25, -0.2) is 18.6 Å². The molecule has 2 aromatic carbocycles. The zero-order valence-electron chi connectivity index (χ0n) is 22.6. The van der Waals surface area contributed by atoms with Crippen molar-refractivity contribution in [3.05, 3.63) is 48.5 Å². The highest BCUT2D eigenvalue weighted by molar-refractivity contribution is 7.92. The summed E-state index contributed by atoms with van der Waals surface area (Å²) in [5.74, 6) is -2.04. The van der Waals surface area contributed by atoms with Gasteiger partial charge < -0.3 is 0 Å². The predicted octanol–water partition coefficient (Wildman–Crippen LogP) is 4.48. The molecule has 0 saturated carbocycles. The van der Waals surface area contributed by atoms with E-state index in [1.54, 1.807) is 90.1 Å². The van der Waals surface area contributed by atoms with E-state index < -0.39 is 54.8 Å². The molecular formula is C26H28N4O6S4. The molecule has 212 valence electrons. The summed E-state index contributed by atoms with van der Waals surface area (Å²) in [5, 5.41) is 0. The van der Waals surface area contributed by atoms with Gasteiger partial charge in [-0.1, -0.05) is 65.8 Å². The highest BCUT2D eigenvalue weighted by Crippen LogP contribution is 2.43. The lowest BCUT2D eigenvalue weighted by Gasteiger charge is -2.49. The topological polar surface area (TPSA) is 135 Å². The van der Waals surface area contributed by atoms with E-state index in [0.717, 1.165) is 22.7 Å². The summed E-state index contributed by atoms with van der Waals surface area (Å²) in [7, 11) is -9.30. The molecule has 1 fully saturated rings. The van der Waals surface area contributed by atoms with E-state index in [-0.39, 0.29) is 8.68 Å². The number of para-hydroxylation sites is 2. The summed E-state index contributed by atoms with van der Waals surface area (Å²) in [5.41, 5.74) is -1.47. The lowest BCUT2D eigenvalue weighted by atomic mass is 9.80. The summed E-state index contributed by atoms with van der Waals surface area (Å²) in [6.07, 6.45) is 0. The molecule has 2 amide bonds. The fourth-order valence-corrected chi connectivity index (χ4v) is 10.8. The molecule has 2 unspecified atom stereocenters. The first-order valence-corrected chi connectivity index (χ1v) is 16.8. The Morgan fingerprint density at radius 3 is 1.25 bits per heavy atom. The van der Waals surface area contributed by atoms with Crippen molar-refractivity contribution >= 4 is 75.0 Å². The second-order valence-corrected chi connectivity index (χ2v) is 17.7. The minimum absolute atomic E-state index is 0.348. The van der Waals surface area contributed by atoms with Crippen molar-refractivity contribution in [2.45, 2.75) is 62.3 Å². The average Bonchev–Trinajstić information content (AvgIpc) is 3.48. The van der Waals surface area contributed by atoms with E-state index in [1.165, 1.54) is 0 Å². The fraction of sp³-hybridized carbons (Fsp3) is 0.385. The quantitative estimate of drug-likeness (QED) is 0.326. The standard InChI is InChI=1S/C26H28N4O6S4/c1-25(2,3)19-21(31)30(40(35,36)24-28-16-12-8-10-14-18(16)38-24)20(26(4,5)6)22(32)29(19)39(33,34)23-27-15-11-7-9-13-17(15)37-23/h7-14,19-20H,1-6H3. The van der Waals surface area contributed by atoms with Gasteiger partial charge in [0.25, 0.3) is 31.9 Å². The Morgan fingerprint density at radius 1 is 0.625 bits per heavy atom. The molecule has 2 aromatic heterocycles. The monoisotopic (exact) mass is 620 g/mol. The van der Waals surface area contributed by atoms with Crippen molar-refractivity contribution in [1.29, 1.82) is 0 Å². The molecule has 4 aromatic rings. The van der Waals surface area contributed by atoms with Crippen LogP contribution in [-0.2, 0) is 29.6 Å². The van der Waals surface area contributed by atoms with E-state index in [9.17, 15) is 26.4 Å². The number of thiazole rings is 2. The number of sulfonamides is 2. The van der Waals surface area contributed by atoms with Gasteiger partial charge >= 0.3 is 0 Å². The summed E-state index contributed by atoms with van der Waals surface area (Å²) in [6, 6.07) is 10.3. The third kappa shape index (κ3) is 4.50. The van der Waals surface area contributed by atoms with Gasteiger partial charge in [0.05, 0.1) is 20.4 Å². The van der Waals surface area contributed by atoms with E-state index in [0.29, 0.717) is 29.0 Å². The molecular weight excluding hydrogens is 593 g/mol. The normalized spacial score (nSPS) is 19.6. The smallest absolute Gasteiger partial charge is 0.271 e. The lowest BCUT2D eigenvalue weighted by molar-refractivity contribution is -0.158. The maximum Gasteiger partial charge on any atom is 0.294 e. The van der Waals surface area contributed by atoms with Crippen LogP contribution in [-0.4, -0.2) is 59.3 Å². The number of aromatic nitrogens is 2. The van der Waals surface area contributed by atoms with Crippen LogP contribution in [0.2, 0.25) is 0 Å². The SMILES string of the molecule is CC(C)(C)C1C(=O)N(S(=O)(=O)c2nc3ccccc3s2)C(C(C)(C)C)C(=O)N1S(=O)(=O)c1nc2ccccc2s1. The number of carbonyl (C=O) groups excluding carboxylic acids is 2. The maximum absolute atomic E-state index is 14.3. The van der Waals surface area contributed by atoms with Gasteiger partial charge in [0, 0.05) is 0 Å². The van der Waals surface area contributed by atoms with E-state index in [1.807, 2.05) is 0 Å². The molecule has 14 heteroatoms. The fourth-order valence-electron chi connectivity index (χ4n) is 4.75. The highest BCUT2D eigenvalue weighted by Gasteiger charge is 2.61. The summed E-state index contributed by atoms with van der Waals surface area (Å²) in [4.78, 5) is 37.1. The Balaban J connectivity index is 1.72. The van der Waals surface area contributed by atoms with Crippen molar-refractivity contribution in [2.75, 3.05) is 0 Å². The Bertz CT molecular complexity index is 1680. The van der Waals surface area contributed by atoms with Crippen LogP contribution in [0.5, 0.6) is 0 Å². The van der Waals surface area contributed by atoms with Crippen molar-refractivity contribution in [3.63, 3.8) is 0 Å². The minimum Gasteiger partial charge on any atom is -0.271 e. The van der Waals surface area contributed by atoms with Gasteiger partial charge in [-0.05, 0) is 35.1 Å². The van der Waals surface area contributed by atoms with E-state index in [2.05, 4.69) is 9.97 Å². The molecule has 1 saturated heterocycles. The molecule has 3 heterocycles. The molecule has 5 rings (SSSR count). The summed E-state index contributed by atoms with van der Waals surface area (Å²) >= 11 is 1.77. The Hall–Kier alpha value is -2.94. The summed E-state index contributed by atoms with van der Waals surface area (Å²) < 4.78 is 58.1. The van der Waals surface area contributed by atoms with Gasteiger partial charge in [-0.3, -0.25) is 9.59 Å². The van der Waals surface area contributed by atoms with E-state index in [4.69, 9.17) is 0 Å². The van der Waals surface area contributed by atoms with Crippen LogP contribution >= 0.6 is 22.7 Å². The van der Waals surface area contributed by atoms with Crippen LogP contribution < -0.4 is 0 Å². The lowest BCUT2D eigenvalue weighted by Crippen LogP contribution is -2.72. The van der Waals surface area contributed by atoms with Gasteiger partial charge in [0.15, 0.2) is 0 Å². The third-order valence-electron chi connectivity index (χ3n) is 6.52. The number of benzene rings is 2. The molecule has 0 N–H and O–H groups in total. The number of hydrogen-bond acceptors (Lipinski definition) is 10. The van der Waals surface area contributed by atoms with Crippen LogP contribution in [0.25, 0.3) is 20.4 Å². The molecule has 40 heavy (non-hydrogen) atoms. The van der Waals surface area contributed by atoms with Crippen LogP contribution in [0.3, 0.4) is 0 Å². The number of amides is 2. The Labute approximate surface area is 240 Å². The Kier molecular flexibility index (Phi) is 6.64. The van der Waals surface area contributed by atoms with Crippen LogP contribution in [0, 0.1) is 10.8 Å². The zero-order chi connectivity index (χ0) is 29.4. The Morgan fingerprint density at radius 2 is 0.950 bits per heavy atom. The number of carbonyl (C=O) groups is 2. The second kappa shape index (κ2) is 9.29. The molecule has 1 aliphatic rings. The van der Waals surface area contributed by atoms with Crippen molar-refractivity contribution in [1.82, 2.24) is 18.6 Å². The number of fused-ring (bicyclic) bond motifs is 2. The van der Waals surface area contributed by atoms with Crippen molar-refractivity contribution in [3.8, 4) is 0 Å². The molecule has 10 nitrogen and oxygen atoms in total. The first-order chi connectivity index (χ1) is 18.5. The van der Waals surface area contributed by atoms with E-state index >= 15 is 0 Å². The van der Waals surface area contributed by atoms with Gasteiger partial charge in [0.1, 0.15) is 12.1 Å². The van der Waals surface area contributed by atoms with Gasteiger partial charge in [0.2, 0.25) is 8.68 Å². The molecule has 0 spiro atoms. The molecule has 2 atom stereocenters. The average molecular weight is 621 g/mol. The maximum atomic E-state index is 14.3. The van der Waals surface area contributed by atoms with Gasteiger partial charge in [-0.15, -0.1) is 22.7 Å². The van der Waals surface area contributed by atoms with Crippen LogP contribution in [0.4, 0.5) is 0 Å². The largest absolute Gasteiger partial charge is 0.294 e. The first-order valence-electron chi connectivity index (χ1n) is 12.3. The molecule has 1 aliphatic heterocycles. The summed E-state index contributed by atoms with van der Waals surface area (Å²) in [6.45, 7) is 9.52. The number of hydrogen-bond donors (Lipinski definition) is 0. The number of piperazine rings is 1. The zero-order valence-corrected chi connectivity index (χ0v) is 25.9. The number of nitrogens with zero attached hydrogens (tertiary/aromatic N) is 4. The predicted molar refractivity (Wildman–Crippen MR) is 154 cm³/mol.